The van der Waals surface area contributed by atoms with Gasteiger partial charge in [0, 0.05) is 31.5 Å². The Kier molecular flexibility index (Phi) is 2.44. The lowest BCUT2D eigenvalue weighted by molar-refractivity contribution is 0.720. The van der Waals surface area contributed by atoms with E-state index in [0.29, 0.717) is 0 Å². The highest BCUT2D eigenvalue weighted by molar-refractivity contribution is 5.79. The van der Waals surface area contributed by atoms with Crippen molar-refractivity contribution in [1.82, 2.24) is 14.3 Å². The summed E-state index contributed by atoms with van der Waals surface area (Å²) in [7, 11) is 1.95. The molecular weight excluding hydrogens is 210 g/mol. The number of hydrogen-bond acceptors (Lipinski definition) is 1. The Balaban J connectivity index is 1.81. The molecule has 0 fully saturated rings. The van der Waals surface area contributed by atoms with Gasteiger partial charge in [-0.25, -0.2) is 0 Å². The summed E-state index contributed by atoms with van der Waals surface area (Å²) in [5.74, 6) is 0. The van der Waals surface area contributed by atoms with Gasteiger partial charge in [-0.15, -0.1) is 0 Å². The molecule has 2 aromatic heterocycles. The van der Waals surface area contributed by atoms with Gasteiger partial charge in [-0.2, -0.15) is 5.10 Å². The average Bonchev–Trinajstić information content (AvgIpc) is 2.93. The Labute approximate surface area is 100 Å². The zero-order valence-electron chi connectivity index (χ0n) is 9.87. The number of hydrogen-bond donors (Lipinski definition) is 0. The smallest absolute Gasteiger partial charge is 0.0522 e. The third-order valence-corrected chi connectivity index (χ3v) is 3.08. The molecule has 17 heavy (non-hydrogen) atoms. The topological polar surface area (TPSA) is 22.8 Å². The quantitative estimate of drug-likeness (QED) is 0.672. The van der Waals surface area contributed by atoms with E-state index in [1.54, 1.807) is 0 Å². The van der Waals surface area contributed by atoms with Crippen molar-refractivity contribution in [3.63, 3.8) is 0 Å². The van der Waals surface area contributed by atoms with Crippen LogP contribution in [0.4, 0.5) is 0 Å². The second-order valence-electron chi connectivity index (χ2n) is 4.34. The molecule has 0 spiro atoms. The molecule has 0 saturated carbocycles. The SMILES string of the molecule is Cn1cc(CCn2ccc3ccccc32)cn1. The molecule has 3 rings (SSSR count). The molecule has 0 saturated heterocycles. The second kappa shape index (κ2) is 4.09. The van der Waals surface area contributed by atoms with Gasteiger partial charge in [0.15, 0.2) is 0 Å². The molecule has 0 unspecified atom stereocenters. The van der Waals surface area contributed by atoms with E-state index in [1.165, 1.54) is 16.5 Å². The fraction of sp³-hybridized carbons (Fsp3) is 0.214. The summed E-state index contributed by atoms with van der Waals surface area (Å²) in [6.07, 6.45) is 7.19. The third-order valence-electron chi connectivity index (χ3n) is 3.08. The highest BCUT2D eigenvalue weighted by Gasteiger charge is 2.01. The summed E-state index contributed by atoms with van der Waals surface area (Å²) in [4.78, 5) is 0. The summed E-state index contributed by atoms with van der Waals surface area (Å²) in [5.41, 5.74) is 2.58. The first kappa shape index (κ1) is 10.1. The maximum Gasteiger partial charge on any atom is 0.0522 e. The summed E-state index contributed by atoms with van der Waals surface area (Å²) in [5, 5.41) is 5.49. The minimum atomic E-state index is 0.999. The normalized spacial score (nSPS) is 11.1. The predicted molar refractivity (Wildman–Crippen MR) is 68.9 cm³/mol. The van der Waals surface area contributed by atoms with Crippen molar-refractivity contribution in [3.8, 4) is 0 Å². The van der Waals surface area contributed by atoms with Crippen LogP contribution >= 0.6 is 0 Å². The first-order chi connectivity index (χ1) is 8.33. The van der Waals surface area contributed by atoms with Crippen LogP contribution in [-0.2, 0) is 20.0 Å². The molecule has 3 aromatic rings. The first-order valence-corrected chi connectivity index (χ1v) is 5.84. The standard InChI is InChI=1S/C14H15N3/c1-16-11-12(10-15-16)6-8-17-9-7-13-4-2-3-5-14(13)17/h2-5,7,9-11H,6,8H2,1H3. The van der Waals surface area contributed by atoms with Crippen LogP contribution in [0.15, 0.2) is 48.9 Å². The van der Waals surface area contributed by atoms with Crippen LogP contribution < -0.4 is 0 Å². The Morgan fingerprint density at radius 3 is 2.88 bits per heavy atom. The molecule has 0 atom stereocenters. The largest absolute Gasteiger partial charge is 0.347 e. The van der Waals surface area contributed by atoms with Crippen molar-refractivity contribution in [2.24, 2.45) is 7.05 Å². The van der Waals surface area contributed by atoms with Crippen LogP contribution in [0, 0.1) is 0 Å². The first-order valence-electron chi connectivity index (χ1n) is 5.84. The number of para-hydroxylation sites is 1. The van der Waals surface area contributed by atoms with Crippen molar-refractivity contribution < 1.29 is 0 Å². The molecule has 0 aliphatic heterocycles. The van der Waals surface area contributed by atoms with Gasteiger partial charge < -0.3 is 4.57 Å². The van der Waals surface area contributed by atoms with Gasteiger partial charge in [0.25, 0.3) is 0 Å². The van der Waals surface area contributed by atoms with E-state index in [2.05, 4.69) is 52.4 Å². The van der Waals surface area contributed by atoms with Crippen LogP contribution in [0.5, 0.6) is 0 Å². The Morgan fingerprint density at radius 1 is 1.18 bits per heavy atom. The molecule has 0 bridgehead atoms. The fourth-order valence-electron chi connectivity index (χ4n) is 2.19. The van der Waals surface area contributed by atoms with Crippen LogP contribution in [0.1, 0.15) is 5.56 Å². The number of aryl methyl sites for hydroxylation is 3. The van der Waals surface area contributed by atoms with E-state index in [9.17, 15) is 0 Å². The zero-order valence-corrected chi connectivity index (χ0v) is 9.87. The molecule has 3 nitrogen and oxygen atoms in total. The summed E-state index contributed by atoms with van der Waals surface area (Å²) < 4.78 is 4.14. The minimum absolute atomic E-state index is 0.999. The van der Waals surface area contributed by atoms with Crippen molar-refractivity contribution >= 4 is 10.9 Å². The minimum Gasteiger partial charge on any atom is -0.347 e. The number of fused-ring (bicyclic) bond motifs is 1. The van der Waals surface area contributed by atoms with Gasteiger partial charge >= 0.3 is 0 Å². The molecule has 0 aliphatic carbocycles. The van der Waals surface area contributed by atoms with Crippen LogP contribution in [0.2, 0.25) is 0 Å². The Bertz CT molecular complexity index is 634. The summed E-state index contributed by atoms with van der Waals surface area (Å²) in [6, 6.07) is 10.6. The molecule has 0 radical (unpaired) electrons. The van der Waals surface area contributed by atoms with Gasteiger partial charge in [-0.1, -0.05) is 18.2 Å². The van der Waals surface area contributed by atoms with Gasteiger partial charge in [0.05, 0.1) is 6.20 Å². The maximum atomic E-state index is 4.19. The molecule has 0 N–H and O–H groups in total. The highest BCUT2D eigenvalue weighted by atomic mass is 15.2. The van der Waals surface area contributed by atoms with E-state index in [4.69, 9.17) is 0 Å². The Morgan fingerprint density at radius 2 is 2.06 bits per heavy atom. The summed E-state index contributed by atoms with van der Waals surface area (Å²) in [6.45, 7) is 0.999. The average molecular weight is 225 g/mol. The number of aromatic nitrogens is 3. The maximum absolute atomic E-state index is 4.19. The van der Waals surface area contributed by atoms with Gasteiger partial charge in [-0.3, -0.25) is 4.68 Å². The number of benzene rings is 1. The molecule has 0 aliphatic rings. The third kappa shape index (κ3) is 1.96. The number of rotatable bonds is 3. The lowest BCUT2D eigenvalue weighted by Gasteiger charge is -2.03. The van der Waals surface area contributed by atoms with Crippen LogP contribution in [-0.4, -0.2) is 14.3 Å². The van der Waals surface area contributed by atoms with E-state index < -0.39 is 0 Å². The van der Waals surface area contributed by atoms with E-state index in [0.717, 1.165) is 13.0 Å². The van der Waals surface area contributed by atoms with E-state index in [1.807, 2.05) is 17.9 Å². The molecule has 2 heterocycles. The van der Waals surface area contributed by atoms with Gasteiger partial charge in [-0.05, 0) is 29.5 Å². The predicted octanol–water partition coefficient (Wildman–Crippen LogP) is 2.62. The molecule has 1 aromatic carbocycles. The van der Waals surface area contributed by atoms with Crippen molar-refractivity contribution in [1.29, 1.82) is 0 Å². The molecule has 86 valence electrons. The van der Waals surface area contributed by atoms with Crippen molar-refractivity contribution in [2.45, 2.75) is 13.0 Å². The van der Waals surface area contributed by atoms with Crippen molar-refractivity contribution in [2.75, 3.05) is 0 Å². The lowest BCUT2D eigenvalue weighted by Crippen LogP contribution is -1.98. The zero-order chi connectivity index (χ0) is 11.7. The lowest BCUT2D eigenvalue weighted by atomic mass is 10.2. The molecule has 0 amide bonds. The Hall–Kier alpha value is -2.03. The second-order valence-corrected chi connectivity index (χ2v) is 4.34. The van der Waals surface area contributed by atoms with Crippen LogP contribution in [0.3, 0.4) is 0 Å². The number of nitrogens with zero attached hydrogens (tertiary/aromatic N) is 3. The molecular formula is C14H15N3. The fourth-order valence-corrected chi connectivity index (χ4v) is 2.19. The monoisotopic (exact) mass is 225 g/mol. The summed E-state index contributed by atoms with van der Waals surface area (Å²) >= 11 is 0. The van der Waals surface area contributed by atoms with Crippen LogP contribution in [0.25, 0.3) is 10.9 Å². The van der Waals surface area contributed by atoms with E-state index >= 15 is 0 Å². The van der Waals surface area contributed by atoms with E-state index in [-0.39, 0.29) is 0 Å². The highest BCUT2D eigenvalue weighted by Crippen LogP contribution is 2.15. The van der Waals surface area contributed by atoms with Gasteiger partial charge in [0.1, 0.15) is 0 Å². The molecule has 3 heteroatoms. The van der Waals surface area contributed by atoms with Crippen molar-refractivity contribution in [3.05, 3.63) is 54.5 Å². The van der Waals surface area contributed by atoms with Gasteiger partial charge in [0.2, 0.25) is 0 Å².